The van der Waals surface area contributed by atoms with Crippen LogP contribution in [-0.2, 0) is 14.3 Å². The first-order valence-electron chi connectivity index (χ1n) is 7.45. The number of esters is 1. The molecule has 0 aliphatic rings. The molecule has 5 nitrogen and oxygen atoms in total. The number of carbonyl (C=O) groups is 2. The van der Waals surface area contributed by atoms with Gasteiger partial charge < -0.3 is 14.8 Å². The Morgan fingerprint density at radius 1 is 1.23 bits per heavy atom. The highest BCUT2D eigenvalue weighted by atomic mass is 16.5. The molecule has 0 fully saturated rings. The molecule has 0 aliphatic heterocycles. The van der Waals surface area contributed by atoms with Crippen LogP contribution in [-0.4, -0.2) is 31.1 Å². The molecular formula is C17H25NO4. The van der Waals surface area contributed by atoms with E-state index in [4.69, 9.17) is 9.47 Å². The Bertz CT molecular complexity index is 513. The lowest BCUT2D eigenvalue weighted by Crippen LogP contribution is -2.47. The van der Waals surface area contributed by atoms with E-state index in [9.17, 15) is 9.59 Å². The average Bonchev–Trinajstić information content (AvgIpc) is 2.45. The molecule has 0 heterocycles. The highest BCUT2D eigenvalue weighted by Crippen LogP contribution is 2.14. The van der Waals surface area contributed by atoms with Crippen LogP contribution < -0.4 is 10.1 Å². The molecule has 0 saturated carbocycles. The van der Waals surface area contributed by atoms with Gasteiger partial charge in [-0.05, 0) is 43.9 Å². The Hall–Kier alpha value is -2.04. The van der Waals surface area contributed by atoms with Crippen molar-refractivity contribution in [2.75, 3.05) is 7.11 Å². The maximum absolute atomic E-state index is 12.2. The Balaban J connectivity index is 2.66. The van der Waals surface area contributed by atoms with Gasteiger partial charge in [-0.3, -0.25) is 4.79 Å². The summed E-state index contributed by atoms with van der Waals surface area (Å²) in [5.41, 5.74) is 1.05. The number of benzene rings is 1. The predicted octanol–water partition coefficient (Wildman–Crippen LogP) is 2.47. The zero-order chi connectivity index (χ0) is 16.7. The summed E-state index contributed by atoms with van der Waals surface area (Å²) in [4.78, 5) is 23.9. The number of aryl methyl sites for hydroxylation is 1. The third-order valence-electron chi connectivity index (χ3n) is 3.18. The number of amides is 1. The molecule has 22 heavy (non-hydrogen) atoms. The van der Waals surface area contributed by atoms with Crippen molar-refractivity contribution in [2.24, 2.45) is 5.92 Å². The van der Waals surface area contributed by atoms with Gasteiger partial charge in [0, 0.05) is 0 Å². The van der Waals surface area contributed by atoms with Gasteiger partial charge in [-0.1, -0.05) is 26.0 Å². The van der Waals surface area contributed by atoms with Crippen LogP contribution >= 0.6 is 0 Å². The van der Waals surface area contributed by atoms with E-state index in [1.54, 1.807) is 13.0 Å². The standard InChI is InChI=1S/C17H25NO4/c1-11(2)9-15(17(20)21-5)18-16(19)13(4)22-14-8-6-7-12(3)10-14/h6-8,10-11,13,15H,9H2,1-5H3,(H,18,19)/t13-,15-/m0/s1. The van der Waals surface area contributed by atoms with Crippen LogP contribution in [0.2, 0.25) is 0 Å². The number of ether oxygens (including phenoxy) is 2. The number of nitrogens with one attached hydrogen (secondary N) is 1. The summed E-state index contributed by atoms with van der Waals surface area (Å²) in [5.74, 6) is 0.112. The van der Waals surface area contributed by atoms with E-state index >= 15 is 0 Å². The highest BCUT2D eigenvalue weighted by molar-refractivity contribution is 5.86. The molecule has 1 rings (SSSR count). The van der Waals surface area contributed by atoms with Gasteiger partial charge in [-0.2, -0.15) is 0 Å². The minimum absolute atomic E-state index is 0.261. The van der Waals surface area contributed by atoms with Gasteiger partial charge in [0.25, 0.3) is 5.91 Å². The van der Waals surface area contributed by atoms with Crippen LogP contribution in [0.25, 0.3) is 0 Å². The molecular weight excluding hydrogens is 282 g/mol. The molecule has 0 saturated heterocycles. The third kappa shape index (κ3) is 5.76. The number of rotatable bonds is 7. The number of hydrogen-bond donors (Lipinski definition) is 1. The minimum Gasteiger partial charge on any atom is -0.481 e. The molecule has 1 aromatic rings. The smallest absolute Gasteiger partial charge is 0.328 e. The van der Waals surface area contributed by atoms with Crippen LogP contribution in [0.5, 0.6) is 5.75 Å². The predicted molar refractivity (Wildman–Crippen MR) is 84.7 cm³/mol. The monoisotopic (exact) mass is 307 g/mol. The molecule has 2 atom stereocenters. The summed E-state index contributed by atoms with van der Waals surface area (Å²) in [6.07, 6.45) is -0.170. The van der Waals surface area contributed by atoms with Crippen molar-refractivity contribution >= 4 is 11.9 Å². The van der Waals surface area contributed by atoms with Crippen LogP contribution in [0, 0.1) is 12.8 Å². The van der Waals surface area contributed by atoms with Crippen LogP contribution in [0.15, 0.2) is 24.3 Å². The topological polar surface area (TPSA) is 64.6 Å². The fourth-order valence-corrected chi connectivity index (χ4v) is 2.06. The minimum atomic E-state index is -0.693. The zero-order valence-corrected chi connectivity index (χ0v) is 13.9. The van der Waals surface area contributed by atoms with Crippen LogP contribution in [0.4, 0.5) is 0 Å². The summed E-state index contributed by atoms with van der Waals surface area (Å²) in [6, 6.07) is 6.82. The quantitative estimate of drug-likeness (QED) is 0.786. The molecule has 0 spiro atoms. The molecule has 0 unspecified atom stereocenters. The second-order valence-corrected chi connectivity index (χ2v) is 5.79. The van der Waals surface area contributed by atoms with Crippen LogP contribution in [0.1, 0.15) is 32.8 Å². The van der Waals surface area contributed by atoms with Crippen LogP contribution in [0.3, 0.4) is 0 Å². The summed E-state index contributed by atoms with van der Waals surface area (Å²) < 4.78 is 10.3. The van der Waals surface area contributed by atoms with E-state index < -0.39 is 18.1 Å². The first-order valence-corrected chi connectivity index (χ1v) is 7.45. The Morgan fingerprint density at radius 2 is 1.91 bits per heavy atom. The normalized spacial score (nSPS) is 13.4. The first kappa shape index (κ1) is 18.0. The largest absolute Gasteiger partial charge is 0.481 e. The van der Waals surface area contributed by atoms with Crippen molar-refractivity contribution in [3.05, 3.63) is 29.8 Å². The molecule has 0 bridgehead atoms. The lowest BCUT2D eigenvalue weighted by atomic mass is 10.0. The van der Waals surface area contributed by atoms with Gasteiger partial charge in [-0.25, -0.2) is 4.79 Å². The maximum Gasteiger partial charge on any atom is 0.328 e. The first-order chi connectivity index (χ1) is 10.3. The Kier molecular flexibility index (Phi) is 6.89. The van der Waals surface area contributed by atoms with E-state index in [1.165, 1.54) is 7.11 Å². The average molecular weight is 307 g/mol. The lowest BCUT2D eigenvalue weighted by molar-refractivity contribution is -0.146. The van der Waals surface area contributed by atoms with Gasteiger partial charge in [0.05, 0.1) is 7.11 Å². The zero-order valence-electron chi connectivity index (χ0n) is 13.9. The van der Waals surface area contributed by atoms with E-state index in [0.29, 0.717) is 12.2 Å². The van der Waals surface area contributed by atoms with E-state index in [1.807, 2.05) is 39.0 Å². The van der Waals surface area contributed by atoms with Crippen molar-refractivity contribution < 1.29 is 19.1 Å². The lowest BCUT2D eigenvalue weighted by Gasteiger charge is -2.21. The SMILES string of the molecule is COC(=O)[C@H](CC(C)C)NC(=O)[C@H](C)Oc1cccc(C)c1. The third-order valence-corrected chi connectivity index (χ3v) is 3.18. The van der Waals surface area contributed by atoms with Crippen molar-refractivity contribution in [1.29, 1.82) is 0 Å². The molecule has 1 aromatic carbocycles. The summed E-state index contributed by atoms with van der Waals surface area (Å²) in [6.45, 7) is 7.57. The molecule has 0 aliphatic carbocycles. The number of hydrogen-bond acceptors (Lipinski definition) is 4. The maximum atomic E-state index is 12.2. The Morgan fingerprint density at radius 3 is 2.45 bits per heavy atom. The molecule has 5 heteroatoms. The van der Waals surface area contributed by atoms with Crippen molar-refractivity contribution in [1.82, 2.24) is 5.32 Å². The van der Waals surface area contributed by atoms with Gasteiger partial charge in [0.2, 0.25) is 0 Å². The van der Waals surface area contributed by atoms with Crippen molar-refractivity contribution in [3.63, 3.8) is 0 Å². The fraction of sp³-hybridized carbons (Fsp3) is 0.529. The summed E-state index contributed by atoms with van der Waals surface area (Å²) in [5, 5.41) is 2.70. The van der Waals surface area contributed by atoms with Crippen molar-refractivity contribution in [3.8, 4) is 5.75 Å². The molecule has 0 radical (unpaired) electrons. The number of methoxy groups -OCH3 is 1. The highest BCUT2D eigenvalue weighted by Gasteiger charge is 2.25. The molecule has 1 amide bonds. The fourth-order valence-electron chi connectivity index (χ4n) is 2.06. The van der Waals surface area contributed by atoms with Crippen molar-refractivity contribution in [2.45, 2.75) is 46.3 Å². The van der Waals surface area contributed by atoms with Gasteiger partial charge in [-0.15, -0.1) is 0 Å². The van der Waals surface area contributed by atoms with E-state index in [0.717, 1.165) is 5.56 Å². The van der Waals surface area contributed by atoms with Gasteiger partial charge in [0.15, 0.2) is 6.10 Å². The summed E-state index contributed by atoms with van der Waals surface area (Å²) in [7, 11) is 1.31. The number of carbonyl (C=O) groups excluding carboxylic acids is 2. The molecule has 1 N–H and O–H groups in total. The Labute approximate surface area is 132 Å². The molecule has 0 aromatic heterocycles. The summed E-state index contributed by atoms with van der Waals surface area (Å²) >= 11 is 0. The van der Waals surface area contributed by atoms with E-state index in [2.05, 4.69) is 5.32 Å². The second kappa shape index (κ2) is 8.41. The second-order valence-electron chi connectivity index (χ2n) is 5.79. The van der Waals surface area contributed by atoms with Gasteiger partial charge >= 0.3 is 5.97 Å². The van der Waals surface area contributed by atoms with Gasteiger partial charge in [0.1, 0.15) is 11.8 Å². The van der Waals surface area contributed by atoms with E-state index in [-0.39, 0.29) is 11.8 Å². The molecule has 122 valence electrons.